The maximum atomic E-state index is 11.8. The van der Waals surface area contributed by atoms with Gasteiger partial charge in [-0.1, -0.05) is 25.3 Å². The molecule has 0 aromatic carbocycles. The van der Waals surface area contributed by atoms with Gasteiger partial charge in [-0.15, -0.1) is 5.92 Å². The quantitative estimate of drug-likeness (QED) is 0.575. The van der Waals surface area contributed by atoms with Gasteiger partial charge in [0.15, 0.2) is 5.78 Å². The van der Waals surface area contributed by atoms with Crippen LogP contribution in [0.2, 0.25) is 0 Å². The fourth-order valence-electron chi connectivity index (χ4n) is 7.01. The first-order valence-corrected chi connectivity index (χ1v) is 9.70. The first kappa shape index (κ1) is 15.5. The van der Waals surface area contributed by atoms with Crippen LogP contribution in [0.1, 0.15) is 65.7 Å². The van der Waals surface area contributed by atoms with E-state index in [0.29, 0.717) is 17.1 Å². The lowest BCUT2D eigenvalue weighted by molar-refractivity contribution is -0.116. The number of ketones is 1. The van der Waals surface area contributed by atoms with Crippen molar-refractivity contribution < 1.29 is 4.79 Å². The second-order valence-corrected chi connectivity index (χ2v) is 8.93. The minimum Gasteiger partial charge on any atom is -0.295 e. The Balaban J connectivity index is 1.64. The zero-order valence-corrected chi connectivity index (χ0v) is 14.9. The molecule has 23 heavy (non-hydrogen) atoms. The first-order chi connectivity index (χ1) is 11.0. The van der Waals surface area contributed by atoms with E-state index in [1.165, 1.54) is 37.7 Å². The topological polar surface area (TPSA) is 17.1 Å². The van der Waals surface area contributed by atoms with Gasteiger partial charge in [0.05, 0.1) is 0 Å². The highest BCUT2D eigenvalue weighted by Crippen LogP contribution is 2.64. The Morgan fingerprint density at radius 1 is 1.17 bits per heavy atom. The summed E-state index contributed by atoms with van der Waals surface area (Å²) in [4.78, 5) is 11.8. The van der Waals surface area contributed by atoms with E-state index >= 15 is 0 Å². The molecule has 7 unspecified atom stereocenters. The van der Waals surface area contributed by atoms with Crippen molar-refractivity contribution in [2.45, 2.75) is 65.7 Å². The summed E-state index contributed by atoms with van der Waals surface area (Å²) in [6, 6.07) is 0. The summed E-state index contributed by atoms with van der Waals surface area (Å²) >= 11 is 0. The molecule has 3 saturated carbocycles. The number of carbonyl (C=O) groups is 1. The molecule has 0 radical (unpaired) electrons. The van der Waals surface area contributed by atoms with Gasteiger partial charge in [0.1, 0.15) is 0 Å². The summed E-state index contributed by atoms with van der Waals surface area (Å²) in [6.07, 6.45) is 10.5. The van der Waals surface area contributed by atoms with E-state index in [1.54, 1.807) is 0 Å². The van der Waals surface area contributed by atoms with Gasteiger partial charge in [0.25, 0.3) is 0 Å². The van der Waals surface area contributed by atoms with Crippen molar-refractivity contribution >= 4 is 5.78 Å². The molecule has 0 heterocycles. The molecular weight excluding hydrogens is 280 g/mol. The molecule has 4 aliphatic carbocycles. The Hall–Kier alpha value is -1.03. The number of hydrogen-bond acceptors (Lipinski definition) is 1. The fourth-order valence-corrected chi connectivity index (χ4v) is 7.01. The van der Waals surface area contributed by atoms with Crippen molar-refractivity contribution in [3.05, 3.63) is 11.6 Å². The predicted octanol–water partition coefficient (Wildman–Crippen LogP) is 5.01. The first-order valence-electron chi connectivity index (χ1n) is 9.70. The lowest BCUT2D eigenvalue weighted by Gasteiger charge is -2.53. The van der Waals surface area contributed by atoms with E-state index in [4.69, 9.17) is 0 Å². The molecule has 0 amide bonds. The molecule has 1 heteroatoms. The fraction of sp³-hybridized carbons (Fsp3) is 0.773. The normalized spacial score (nSPS) is 48.5. The molecule has 124 valence electrons. The van der Waals surface area contributed by atoms with E-state index in [-0.39, 0.29) is 0 Å². The summed E-state index contributed by atoms with van der Waals surface area (Å²) in [5.74, 6) is 11.9. The number of allylic oxidation sites excluding steroid dienone is 1. The Morgan fingerprint density at radius 3 is 2.78 bits per heavy atom. The minimum absolute atomic E-state index is 0.378. The van der Waals surface area contributed by atoms with Gasteiger partial charge in [-0.05, 0) is 86.5 Å². The molecule has 0 aliphatic heterocycles. The van der Waals surface area contributed by atoms with Gasteiger partial charge in [0, 0.05) is 12.3 Å². The number of carbonyl (C=O) groups excluding carboxylic acids is 1. The van der Waals surface area contributed by atoms with Crippen LogP contribution in [-0.2, 0) is 4.79 Å². The highest BCUT2D eigenvalue weighted by atomic mass is 16.1. The summed E-state index contributed by atoms with van der Waals surface area (Å²) < 4.78 is 0. The highest BCUT2D eigenvalue weighted by Gasteiger charge is 2.57. The van der Waals surface area contributed by atoms with Crippen LogP contribution in [-0.4, -0.2) is 5.78 Å². The standard InChI is InChI=1S/C22H30O/c1-4-5-20-14(2)12-21-19-8-6-15-13-16(23)7-9-17(15)18(19)10-11-22(20,21)3/h13-14,17-21H,6-12H2,1-3H3. The van der Waals surface area contributed by atoms with Crippen molar-refractivity contribution in [1.82, 2.24) is 0 Å². The minimum atomic E-state index is 0.378. The van der Waals surface area contributed by atoms with E-state index in [9.17, 15) is 4.79 Å². The van der Waals surface area contributed by atoms with Crippen LogP contribution in [0.5, 0.6) is 0 Å². The van der Waals surface area contributed by atoms with Crippen LogP contribution < -0.4 is 0 Å². The summed E-state index contributed by atoms with van der Waals surface area (Å²) in [5, 5.41) is 0. The van der Waals surface area contributed by atoms with Crippen LogP contribution >= 0.6 is 0 Å². The van der Waals surface area contributed by atoms with E-state index in [1.807, 2.05) is 13.0 Å². The van der Waals surface area contributed by atoms with Crippen LogP contribution in [0.25, 0.3) is 0 Å². The van der Waals surface area contributed by atoms with Gasteiger partial charge in [-0.3, -0.25) is 4.79 Å². The molecular formula is C22H30O. The molecule has 0 spiro atoms. The lowest BCUT2D eigenvalue weighted by Crippen LogP contribution is -2.46. The maximum absolute atomic E-state index is 11.8. The molecule has 0 aromatic rings. The molecule has 0 saturated heterocycles. The van der Waals surface area contributed by atoms with E-state index in [2.05, 4.69) is 25.7 Å². The second-order valence-electron chi connectivity index (χ2n) is 8.93. The van der Waals surface area contributed by atoms with Crippen molar-refractivity contribution in [1.29, 1.82) is 0 Å². The smallest absolute Gasteiger partial charge is 0.155 e. The molecule has 0 aromatic heterocycles. The van der Waals surface area contributed by atoms with Crippen LogP contribution in [0.15, 0.2) is 11.6 Å². The lowest BCUT2D eigenvalue weighted by atomic mass is 9.51. The third kappa shape index (κ3) is 2.25. The Labute approximate surface area is 141 Å². The van der Waals surface area contributed by atoms with Crippen molar-refractivity contribution in [3.63, 3.8) is 0 Å². The largest absolute Gasteiger partial charge is 0.295 e. The van der Waals surface area contributed by atoms with Gasteiger partial charge in [0.2, 0.25) is 0 Å². The predicted molar refractivity (Wildman–Crippen MR) is 93.6 cm³/mol. The summed E-state index contributed by atoms with van der Waals surface area (Å²) in [6.45, 7) is 6.98. The SMILES string of the molecule is CC#CC1C(C)CC2C3CCC4=CC(=O)CCC4C3CCC12C. The van der Waals surface area contributed by atoms with Crippen LogP contribution in [0.4, 0.5) is 0 Å². The summed E-state index contributed by atoms with van der Waals surface area (Å²) in [5.41, 5.74) is 1.94. The average Bonchev–Trinajstić information content (AvgIpc) is 2.79. The van der Waals surface area contributed by atoms with Crippen molar-refractivity contribution in [3.8, 4) is 11.8 Å². The van der Waals surface area contributed by atoms with Crippen molar-refractivity contribution in [2.75, 3.05) is 0 Å². The second kappa shape index (κ2) is 5.51. The third-order valence-electron chi connectivity index (χ3n) is 7.94. The third-order valence-corrected chi connectivity index (χ3v) is 7.94. The van der Waals surface area contributed by atoms with Gasteiger partial charge in [-0.25, -0.2) is 0 Å². The molecule has 4 aliphatic rings. The number of rotatable bonds is 0. The molecule has 3 fully saturated rings. The van der Waals surface area contributed by atoms with Gasteiger partial charge >= 0.3 is 0 Å². The van der Waals surface area contributed by atoms with Crippen molar-refractivity contribution in [2.24, 2.45) is 40.9 Å². The maximum Gasteiger partial charge on any atom is 0.155 e. The molecule has 0 bridgehead atoms. The van der Waals surface area contributed by atoms with E-state index in [0.717, 1.165) is 42.4 Å². The number of fused-ring (bicyclic) bond motifs is 5. The van der Waals surface area contributed by atoms with Crippen LogP contribution in [0, 0.1) is 52.8 Å². The van der Waals surface area contributed by atoms with Gasteiger partial charge < -0.3 is 0 Å². The highest BCUT2D eigenvalue weighted by molar-refractivity contribution is 5.91. The molecule has 0 N–H and O–H groups in total. The Bertz CT molecular complexity index is 603. The Morgan fingerprint density at radius 2 is 2.00 bits per heavy atom. The summed E-state index contributed by atoms with van der Waals surface area (Å²) in [7, 11) is 0. The number of hydrogen-bond donors (Lipinski definition) is 0. The zero-order chi connectivity index (χ0) is 16.2. The molecule has 1 nitrogen and oxygen atoms in total. The van der Waals surface area contributed by atoms with Crippen LogP contribution in [0.3, 0.4) is 0 Å². The monoisotopic (exact) mass is 310 g/mol. The van der Waals surface area contributed by atoms with E-state index < -0.39 is 0 Å². The molecule has 4 rings (SSSR count). The van der Waals surface area contributed by atoms with Gasteiger partial charge in [-0.2, -0.15) is 0 Å². The zero-order valence-electron chi connectivity index (χ0n) is 14.9. The Kier molecular flexibility index (Phi) is 3.71. The average molecular weight is 310 g/mol. The molecule has 7 atom stereocenters.